The van der Waals surface area contributed by atoms with Crippen molar-refractivity contribution in [1.82, 2.24) is 9.97 Å². The number of fused-ring (bicyclic) bond motifs is 1. The highest BCUT2D eigenvalue weighted by Crippen LogP contribution is 2.43. The second kappa shape index (κ2) is 7.75. The van der Waals surface area contributed by atoms with Gasteiger partial charge in [-0.3, -0.25) is 19.6 Å². The molecule has 1 aromatic heterocycles. The average molecular weight is 415 g/mol. The van der Waals surface area contributed by atoms with Gasteiger partial charge in [-0.1, -0.05) is 42.5 Å². The third-order valence-corrected chi connectivity index (χ3v) is 5.75. The summed E-state index contributed by atoms with van der Waals surface area (Å²) in [5, 5.41) is 3.12. The molecule has 0 amide bonds. The van der Waals surface area contributed by atoms with Crippen molar-refractivity contribution >= 4 is 11.6 Å². The molecular formula is C24H21N3O4. The monoisotopic (exact) mass is 415 g/mol. The maximum atomic E-state index is 12.8. The maximum Gasteiger partial charge on any atom is 0.327 e. The van der Waals surface area contributed by atoms with E-state index in [-0.39, 0.29) is 5.78 Å². The van der Waals surface area contributed by atoms with E-state index in [2.05, 4.69) is 15.3 Å². The number of anilines is 1. The van der Waals surface area contributed by atoms with E-state index >= 15 is 0 Å². The van der Waals surface area contributed by atoms with Crippen LogP contribution in [0.2, 0.25) is 0 Å². The molecule has 1 atom stereocenters. The minimum atomic E-state index is -0.578. The normalized spacial score (nSPS) is 17.5. The molecule has 3 aromatic rings. The number of aromatic nitrogens is 2. The number of allylic oxidation sites excluding steroid dienone is 2. The standard InChI is InChI=1S/C24H21N3O4/c28-18-8-4-7-17-20(18)19(21-22(25-17)26-24(30)27-23(21)29)15-9-11-16(12-10-15)31-13-14-5-2-1-3-6-14/h1-3,5-6,9-12,19H,4,7-8,13H2,(H3,25,26,27,29,30)/t19-/m0/s1. The van der Waals surface area contributed by atoms with Gasteiger partial charge in [0.1, 0.15) is 18.2 Å². The van der Waals surface area contributed by atoms with Crippen LogP contribution in [0.25, 0.3) is 0 Å². The highest BCUT2D eigenvalue weighted by Gasteiger charge is 2.37. The Hall–Kier alpha value is -3.87. The second-order valence-electron chi connectivity index (χ2n) is 7.77. The van der Waals surface area contributed by atoms with Crippen LogP contribution in [0.3, 0.4) is 0 Å². The molecule has 2 aliphatic rings. The molecule has 0 unspecified atom stereocenters. The molecule has 7 heteroatoms. The van der Waals surface area contributed by atoms with Crippen molar-refractivity contribution in [3.63, 3.8) is 0 Å². The lowest BCUT2D eigenvalue weighted by Crippen LogP contribution is -2.36. The number of carbonyl (C=O) groups is 1. The SMILES string of the molecule is O=C1CCCC2=C1[C@H](c1ccc(OCc3ccccc3)cc1)c1c([nH]c(=O)[nH]c1=O)N2. The van der Waals surface area contributed by atoms with E-state index in [0.29, 0.717) is 42.2 Å². The fraction of sp³-hybridized carbons (Fsp3) is 0.208. The minimum absolute atomic E-state index is 0.0272. The first-order valence-electron chi connectivity index (χ1n) is 10.3. The van der Waals surface area contributed by atoms with Crippen LogP contribution in [-0.4, -0.2) is 15.8 Å². The van der Waals surface area contributed by atoms with Crippen LogP contribution in [-0.2, 0) is 11.4 Å². The van der Waals surface area contributed by atoms with Crippen LogP contribution >= 0.6 is 0 Å². The number of aromatic amines is 2. The molecule has 2 heterocycles. The summed E-state index contributed by atoms with van der Waals surface area (Å²) in [7, 11) is 0. The first kappa shape index (κ1) is 19.1. The number of hydrogen-bond donors (Lipinski definition) is 3. The van der Waals surface area contributed by atoms with E-state index in [0.717, 1.165) is 23.2 Å². The van der Waals surface area contributed by atoms with E-state index in [1.165, 1.54) is 0 Å². The van der Waals surface area contributed by atoms with E-state index < -0.39 is 17.2 Å². The second-order valence-corrected chi connectivity index (χ2v) is 7.77. The van der Waals surface area contributed by atoms with Gasteiger partial charge in [0.2, 0.25) is 0 Å². The third-order valence-electron chi connectivity index (χ3n) is 5.75. The van der Waals surface area contributed by atoms with Gasteiger partial charge in [0.15, 0.2) is 5.78 Å². The molecule has 2 aromatic carbocycles. The van der Waals surface area contributed by atoms with Gasteiger partial charge in [-0.05, 0) is 36.1 Å². The molecule has 1 aliphatic carbocycles. The Balaban J connectivity index is 1.52. The topological polar surface area (TPSA) is 104 Å². The zero-order valence-corrected chi connectivity index (χ0v) is 16.7. The first-order valence-corrected chi connectivity index (χ1v) is 10.3. The summed E-state index contributed by atoms with van der Waals surface area (Å²) in [5.74, 6) is 0.542. The summed E-state index contributed by atoms with van der Waals surface area (Å²) in [6.07, 6.45) is 1.89. The van der Waals surface area contributed by atoms with Gasteiger partial charge >= 0.3 is 5.69 Å². The number of rotatable bonds is 4. The summed E-state index contributed by atoms with van der Waals surface area (Å²) in [6, 6.07) is 17.3. The van der Waals surface area contributed by atoms with E-state index in [9.17, 15) is 14.4 Å². The van der Waals surface area contributed by atoms with Crippen LogP contribution < -0.4 is 21.3 Å². The Labute approximate surface area is 177 Å². The highest BCUT2D eigenvalue weighted by molar-refractivity contribution is 6.00. The number of Topliss-reactive ketones (excluding diaryl/α,β-unsaturated/α-hetero) is 1. The highest BCUT2D eigenvalue weighted by atomic mass is 16.5. The molecule has 0 saturated heterocycles. The fourth-order valence-electron chi connectivity index (χ4n) is 4.32. The molecule has 31 heavy (non-hydrogen) atoms. The zero-order chi connectivity index (χ0) is 21.4. The Morgan fingerprint density at radius 2 is 1.68 bits per heavy atom. The number of H-pyrrole nitrogens is 2. The third kappa shape index (κ3) is 3.59. The molecule has 0 spiro atoms. The van der Waals surface area contributed by atoms with E-state index in [1.807, 2.05) is 54.6 Å². The van der Waals surface area contributed by atoms with E-state index in [1.54, 1.807) is 0 Å². The van der Waals surface area contributed by atoms with Crippen molar-refractivity contribution in [2.24, 2.45) is 0 Å². The van der Waals surface area contributed by atoms with Gasteiger partial charge in [0.25, 0.3) is 5.56 Å². The summed E-state index contributed by atoms with van der Waals surface area (Å²) < 4.78 is 5.86. The lowest BCUT2D eigenvalue weighted by molar-refractivity contribution is -0.116. The number of nitrogens with one attached hydrogen (secondary N) is 3. The van der Waals surface area contributed by atoms with Gasteiger partial charge in [0, 0.05) is 23.6 Å². The summed E-state index contributed by atoms with van der Waals surface area (Å²) in [6.45, 7) is 0.449. The number of carbonyl (C=O) groups excluding carboxylic acids is 1. The van der Waals surface area contributed by atoms with Crippen LogP contribution in [0.5, 0.6) is 5.75 Å². The molecule has 1 aliphatic heterocycles. The number of benzene rings is 2. The molecule has 0 fully saturated rings. The zero-order valence-electron chi connectivity index (χ0n) is 16.7. The van der Waals surface area contributed by atoms with Crippen molar-refractivity contribution in [2.45, 2.75) is 31.8 Å². The van der Waals surface area contributed by atoms with Crippen molar-refractivity contribution in [2.75, 3.05) is 5.32 Å². The lowest BCUT2D eigenvalue weighted by Gasteiger charge is -2.32. The largest absolute Gasteiger partial charge is 0.489 e. The molecule has 0 saturated carbocycles. The molecular weight excluding hydrogens is 394 g/mol. The van der Waals surface area contributed by atoms with Gasteiger partial charge < -0.3 is 10.1 Å². The van der Waals surface area contributed by atoms with Crippen molar-refractivity contribution < 1.29 is 9.53 Å². The Morgan fingerprint density at radius 3 is 2.45 bits per heavy atom. The average Bonchev–Trinajstić information content (AvgIpc) is 2.77. The van der Waals surface area contributed by atoms with Crippen LogP contribution in [0.4, 0.5) is 5.82 Å². The van der Waals surface area contributed by atoms with Crippen molar-refractivity contribution in [3.8, 4) is 5.75 Å². The quantitative estimate of drug-likeness (QED) is 0.607. The summed E-state index contributed by atoms with van der Waals surface area (Å²) >= 11 is 0. The van der Waals surface area contributed by atoms with Crippen LogP contribution in [0, 0.1) is 0 Å². The van der Waals surface area contributed by atoms with Gasteiger partial charge in [-0.15, -0.1) is 0 Å². The fourth-order valence-corrected chi connectivity index (χ4v) is 4.32. The number of hydrogen-bond acceptors (Lipinski definition) is 5. The maximum absolute atomic E-state index is 12.8. The lowest BCUT2D eigenvalue weighted by atomic mass is 9.76. The molecule has 3 N–H and O–H groups in total. The molecule has 5 rings (SSSR count). The van der Waals surface area contributed by atoms with Crippen LogP contribution in [0.15, 0.2) is 75.5 Å². The molecule has 7 nitrogen and oxygen atoms in total. The van der Waals surface area contributed by atoms with Gasteiger partial charge in [-0.2, -0.15) is 0 Å². The Morgan fingerprint density at radius 1 is 0.903 bits per heavy atom. The predicted molar refractivity (Wildman–Crippen MR) is 116 cm³/mol. The van der Waals surface area contributed by atoms with E-state index in [4.69, 9.17) is 4.74 Å². The first-order chi connectivity index (χ1) is 15.1. The number of ether oxygens (including phenoxy) is 1. The summed E-state index contributed by atoms with van der Waals surface area (Å²) in [4.78, 5) is 42.3. The Kier molecular flexibility index (Phi) is 4.78. The molecule has 0 bridgehead atoms. The van der Waals surface area contributed by atoms with Crippen molar-refractivity contribution in [3.05, 3.63) is 103 Å². The Bertz CT molecular complexity index is 1290. The predicted octanol–water partition coefficient (Wildman–Crippen LogP) is 3.21. The van der Waals surface area contributed by atoms with Gasteiger partial charge in [-0.25, -0.2) is 4.79 Å². The molecule has 0 radical (unpaired) electrons. The molecule has 156 valence electrons. The minimum Gasteiger partial charge on any atom is -0.489 e. The summed E-state index contributed by atoms with van der Waals surface area (Å²) in [5.41, 5.74) is 2.53. The number of ketones is 1. The van der Waals surface area contributed by atoms with Crippen molar-refractivity contribution in [1.29, 1.82) is 0 Å². The van der Waals surface area contributed by atoms with Gasteiger partial charge in [0.05, 0.1) is 5.56 Å². The van der Waals surface area contributed by atoms with Crippen LogP contribution in [0.1, 0.15) is 41.9 Å². The smallest absolute Gasteiger partial charge is 0.327 e.